The van der Waals surface area contributed by atoms with Crippen molar-refractivity contribution in [2.45, 2.75) is 38.5 Å². The van der Waals surface area contributed by atoms with Crippen LogP contribution < -0.4 is 5.32 Å². The molecule has 8 heteroatoms. The van der Waals surface area contributed by atoms with E-state index >= 15 is 0 Å². The highest BCUT2D eigenvalue weighted by Crippen LogP contribution is 2.21. The Morgan fingerprint density at radius 2 is 1.81 bits per heavy atom. The van der Waals surface area contributed by atoms with E-state index in [1.165, 1.54) is 10.4 Å². The minimum atomic E-state index is -3.55. The van der Waals surface area contributed by atoms with Gasteiger partial charge in [-0.25, -0.2) is 8.42 Å². The lowest BCUT2D eigenvalue weighted by atomic mass is 9.96. The summed E-state index contributed by atoms with van der Waals surface area (Å²) in [6.45, 7) is 9.96. The van der Waals surface area contributed by atoms with Gasteiger partial charge in [-0.3, -0.25) is 4.79 Å². The number of carbonyl (C=O) groups is 1. The average molecular weight is 418 g/mol. The lowest BCUT2D eigenvalue weighted by Gasteiger charge is -2.32. The van der Waals surface area contributed by atoms with Gasteiger partial charge in [0.25, 0.3) is 5.91 Å². The van der Waals surface area contributed by atoms with Crippen LogP contribution in [0.2, 0.25) is 0 Å². The number of benzene rings is 1. The molecule has 2 rings (SSSR count). The van der Waals surface area contributed by atoms with Crippen LogP contribution in [0.1, 0.15) is 44.0 Å². The molecule has 0 radical (unpaired) electrons. The highest BCUT2D eigenvalue weighted by molar-refractivity contribution is 7.89. The van der Waals surface area contributed by atoms with E-state index in [1.807, 2.05) is 18.7 Å². The Labute approximate surface area is 169 Å². The van der Waals surface area contributed by atoms with Crippen molar-refractivity contribution >= 4 is 28.3 Å². The molecule has 6 nitrogen and oxygen atoms in total. The number of amides is 1. The molecule has 0 aliphatic carbocycles. The molecule has 0 spiro atoms. The van der Waals surface area contributed by atoms with Crippen LogP contribution in [0.4, 0.5) is 0 Å². The van der Waals surface area contributed by atoms with Crippen LogP contribution in [-0.2, 0) is 10.0 Å². The van der Waals surface area contributed by atoms with Crippen molar-refractivity contribution in [2.75, 3.05) is 39.3 Å². The van der Waals surface area contributed by atoms with Crippen molar-refractivity contribution < 1.29 is 13.2 Å². The normalized spacial score (nSPS) is 15.6. The number of piperidine rings is 1. The third-order valence-corrected chi connectivity index (χ3v) is 7.05. The van der Waals surface area contributed by atoms with Gasteiger partial charge in [0.15, 0.2) is 0 Å². The van der Waals surface area contributed by atoms with Gasteiger partial charge < -0.3 is 10.2 Å². The molecular formula is C19H32ClN3O3S. The third-order valence-electron chi connectivity index (χ3n) is 5.01. The molecule has 154 valence electrons. The molecule has 0 aromatic heterocycles. The molecular weight excluding hydrogens is 386 g/mol. The van der Waals surface area contributed by atoms with Crippen molar-refractivity contribution in [1.82, 2.24) is 14.5 Å². The highest BCUT2D eigenvalue weighted by Gasteiger charge is 2.26. The Morgan fingerprint density at radius 1 is 1.19 bits per heavy atom. The van der Waals surface area contributed by atoms with Crippen LogP contribution >= 0.6 is 12.4 Å². The molecule has 0 bridgehead atoms. The molecule has 27 heavy (non-hydrogen) atoms. The Kier molecular flexibility index (Phi) is 9.73. The van der Waals surface area contributed by atoms with E-state index in [-0.39, 0.29) is 23.2 Å². The fourth-order valence-corrected chi connectivity index (χ4v) is 4.88. The monoisotopic (exact) mass is 417 g/mol. The van der Waals surface area contributed by atoms with Crippen LogP contribution in [0, 0.1) is 5.92 Å². The van der Waals surface area contributed by atoms with Gasteiger partial charge in [-0.05, 0) is 50.0 Å². The summed E-state index contributed by atoms with van der Waals surface area (Å²) < 4.78 is 26.8. The number of nitrogens with zero attached hydrogens (tertiary/aromatic N) is 2. The second-order valence-corrected chi connectivity index (χ2v) is 8.60. The fourth-order valence-electron chi connectivity index (χ4n) is 3.37. The average Bonchev–Trinajstić information content (AvgIpc) is 2.67. The molecule has 0 saturated carbocycles. The Morgan fingerprint density at radius 3 is 2.37 bits per heavy atom. The summed E-state index contributed by atoms with van der Waals surface area (Å²) in [5.74, 6) is 0.525. The van der Waals surface area contributed by atoms with Crippen molar-refractivity contribution in [3.05, 3.63) is 29.8 Å². The van der Waals surface area contributed by atoms with Crippen LogP contribution in [0.3, 0.4) is 0 Å². The van der Waals surface area contributed by atoms with E-state index in [1.54, 1.807) is 18.2 Å². The molecule has 0 unspecified atom stereocenters. The lowest BCUT2D eigenvalue weighted by Crippen LogP contribution is -2.40. The van der Waals surface area contributed by atoms with Crippen LogP contribution in [0.5, 0.6) is 0 Å². The minimum absolute atomic E-state index is 0. The first kappa shape index (κ1) is 23.9. The predicted molar refractivity (Wildman–Crippen MR) is 111 cm³/mol. The number of hydrogen-bond acceptors (Lipinski definition) is 4. The van der Waals surface area contributed by atoms with Gasteiger partial charge in [-0.1, -0.05) is 26.8 Å². The van der Waals surface area contributed by atoms with E-state index in [9.17, 15) is 13.2 Å². The molecule has 1 aliphatic rings. The first-order valence-corrected chi connectivity index (χ1v) is 11.0. The summed E-state index contributed by atoms with van der Waals surface area (Å²) in [5, 5.41) is 3.36. The number of nitrogens with one attached hydrogen (secondary N) is 1. The SMILES string of the molecule is CCNCC1CCN(C(=O)c2cccc(S(=O)(=O)N(CC)CC)c2)CC1.Cl. The first-order chi connectivity index (χ1) is 12.4. The Hall–Kier alpha value is -1.15. The number of hydrogen-bond donors (Lipinski definition) is 1. The highest BCUT2D eigenvalue weighted by atomic mass is 35.5. The largest absolute Gasteiger partial charge is 0.339 e. The van der Waals surface area contributed by atoms with E-state index in [4.69, 9.17) is 0 Å². The van der Waals surface area contributed by atoms with Gasteiger partial charge in [-0.15, -0.1) is 12.4 Å². The molecule has 1 amide bonds. The molecule has 1 fully saturated rings. The predicted octanol–water partition coefficient (Wildman–Crippen LogP) is 2.60. The molecule has 1 saturated heterocycles. The van der Waals surface area contributed by atoms with Crippen LogP contribution in [-0.4, -0.2) is 62.8 Å². The summed E-state index contributed by atoms with van der Waals surface area (Å²) in [6, 6.07) is 6.43. The van der Waals surface area contributed by atoms with Gasteiger partial charge in [0, 0.05) is 31.7 Å². The second-order valence-electron chi connectivity index (χ2n) is 6.66. The van der Waals surface area contributed by atoms with E-state index in [0.29, 0.717) is 24.6 Å². The van der Waals surface area contributed by atoms with Gasteiger partial charge >= 0.3 is 0 Å². The van der Waals surface area contributed by atoms with Crippen molar-refractivity contribution in [3.8, 4) is 0 Å². The maximum atomic E-state index is 12.8. The van der Waals surface area contributed by atoms with Gasteiger partial charge in [0.2, 0.25) is 10.0 Å². The summed E-state index contributed by atoms with van der Waals surface area (Å²) in [4.78, 5) is 14.8. The van der Waals surface area contributed by atoms with E-state index in [0.717, 1.165) is 39.0 Å². The molecule has 0 atom stereocenters. The summed E-state index contributed by atoms with van der Waals surface area (Å²) in [6.07, 6.45) is 1.96. The zero-order valence-corrected chi connectivity index (χ0v) is 18.1. The standard InChI is InChI=1S/C19H31N3O3S.ClH/c1-4-20-15-16-10-12-21(13-11-16)19(23)17-8-7-9-18(14-17)26(24,25)22(5-2)6-3;/h7-9,14,16,20H,4-6,10-13,15H2,1-3H3;1H. The number of rotatable bonds is 8. The van der Waals surface area contributed by atoms with Gasteiger partial charge in [0.1, 0.15) is 0 Å². The lowest BCUT2D eigenvalue weighted by molar-refractivity contribution is 0.0690. The maximum Gasteiger partial charge on any atom is 0.253 e. The first-order valence-electron chi connectivity index (χ1n) is 9.54. The summed E-state index contributed by atoms with van der Waals surface area (Å²) >= 11 is 0. The number of likely N-dealkylation sites (tertiary alicyclic amines) is 1. The van der Waals surface area contributed by atoms with Gasteiger partial charge in [0.05, 0.1) is 4.90 Å². The van der Waals surface area contributed by atoms with Crippen molar-refractivity contribution in [2.24, 2.45) is 5.92 Å². The van der Waals surface area contributed by atoms with E-state index < -0.39 is 10.0 Å². The quantitative estimate of drug-likeness (QED) is 0.705. The summed E-state index contributed by atoms with van der Waals surface area (Å²) in [5.41, 5.74) is 0.448. The Balaban J connectivity index is 0.00000364. The molecule has 1 N–H and O–H groups in total. The smallest absolute Gasteiger partial charge is 0.253 e. The molecule has 1 aromatic rings. The van der Waals surface area contributed by atoms with Gasteiger partial charge in [-0.2, -0.15) is 4.31 Å². The van der Waals surface area contributed by atoms with Crippen molar-refractivity contribution in [3.63, 3.8) is 0 Å². The van der Waals surface area contributed by atoms with Crippen LogP contribution in [0.15, 0.2) is 29.2 Å². The number of carbonyl (C=O) groups excluding carboxylic acids is 1. The maximum absolute atomic E-state index is 12.8. The van der Waals surface area contributed by atoms with Crippen molar-refractivity contribution in [1.29, 1.82) is 0 Å². The topological polar surface area (TPSA) is 69.7 Å². The zero-order chi connectivity index (χ0) is 19.2. The third kappa shape index (κ3) is 5.91. The molecule has 1 aromatic carbocycles. The van der Waals surface area contributed by atoms with E-state index in [2.05, 4.69) is 12.2 Å². The number of sulfonamides is 1. The zero-order valence-electron chi connectivity index (χ0n) is 16.5. The Bertz CT molecular complexity index is 700. The summed E-state index contributed by atoms with van der Waals surface area (Å²) in [7, 11) is -3.55. The molecule has 1 aliphatic heterocycles. The fraction of sp³-hybridized carbons (Fsp3) is 0.632. The molecule has 1 heterocycles. The minimum Gasteiger partial charge on any atom is -0.339 e. The second kappa shape index (κ2) is 11.0. The number of halogens is 1. The van der Waals surface area contributed by atoms with Crippen LogP contribution in [0.25, 0.3) is 0 Å².